The summed E-state index contributed by atoms with van der Waals surface area (Å²) in [7, 11) is -4.76. The number of nitrogens with two attached hydrogens (primary N) is 1. The van der Waals surface area contributed by atoms with Crippen LogP contribution in [0.25, 0.3) is 0 Å². The molecule has 5 N–H and O–H groups in total. The van der Waals surface area contributed by atoms with E-state index in [0.717, 1.165) is 19.3 Å². The topological polar surface area (TPSA) is 122 Å². The quantitative estimate of drug-likeness (QED) is 0.505. The molecule has 1 amide bonds. The van der Waals surface area contributed by atoms with Gasteiger partial charge in [0.2, 0.25) is 0 Å². The van der Waals surface area contributed by atoms with Crippen LogP contribution in [0.15, 0.2) is 0 Å². The number of hydrogen-bond acceptors (Lipinski definition) is 4. The van der Waals surface area contributed by atoms with Crippen LogP contribution in [-0.2, 0) is 9.09 Å². The number of phosphoric ester groups is 1. The summed E-state index contributed by atoms with van der Waals surface area (Å²) in [5.74, 6) is 0. The number of carbonyl (C=O) groups excluding carboxylic acids is 1. The molecule has 1 aliphatic carbocycles. The second-order valence-corrected chi connectivity index (χ2v) is 4.73. The van der Waals surface area contributed by atoms with E-state index in [9.17, 15) is 9.36 Å². The average Bonchev–Trinajstić information content (AvgIpc) is 2.05. The molecule has 15 heavy (non-hydrogen) atoms. The van der Waals surface area contributed by atoms with Crippen LogP contribution in [0.5, 0.6) is 0 Å². The van der Waals surface area contributed by atoms with Crippen LogP contribution in [-0.4, -0.2) is 28.0 Å². The van der Waals surface area contributed by atoms with Crippen molar-refractivity contribution in [3.63, 3.8) is 0 Å². The first-order valence-electron chi connectivity index (χ1n) is 4.70. The number of hydrogen-bond donors (Lipinski definition) is 4. The summed E-state index contributed by atoms with van der Waals surface area (Å²) in [5.41, 5.74) is 5.73. The van der Waals surface area contributed by atoms with Crippen LogP contribution in [0.1, 0.15) is 25.7 Å². The molecule has 7 nitrogen and oxygen atoms in total. The molecule has 0 unspecified atom stereocenters. The zero-order valence-electron chi connectivity index (χ0n) is 8.13. The van der Waals surface area contributed by atoms with Crippen molar-refractivity contribution >= 4 is 13.9 Å². The normalized spacial score (nSPS) is 27.1. The van der Waals surface area contributed by atoms with Gasteiger partial charge in [-0.2, -0.15) is 0 Å². The summed E-state index contributed by atoms with van der Waals surface area (Å²) in [5, 5.41) is 2.35. The summed E-state index contributed by atoms with van der Waals surface area (Å²) in [6.07, 6.45) is 2.32. The molecule has 0 aliphatic heterocycles. The molecule has 8 heteroatoms. The Morgan fingerprint density at radius 3 is 2.53 bits per heavy atom. The van der Waals surface area contributed by atoms with Crippen molar-refractivity contribution in [2.45, 2.75) is 37.8 Å². The van der Waals surface area contributed by atoms with Gasteiger partial charge in [-0.3, -0.25) is 9.79 Å². The summed E-state index contributed by atoms with van der Waals surface area (Å²) >= 11 is 0. The third kappa shape index (κ3) is 4.61. The summed E-state index contributed by atoms with van der Waals surface area (Å²) in [4.78, 5) is 27.8. The minimum Gasteiger partial charge on any atom is -0.354 e. The Balaban J connectivity index is 2.40. The van der Waals surface area contributed by atoms with Crippen LogP contribution in [0.4, 0.5) is 4.79 Å². The Morgan fingerprint density at radius 1 is 1.40 bits per heavy atom. The highest BCUT2D eigenvalue weighted by Crippen LogP contribution is 2.35. The number of phosphoric acid groups is 1. The van der Waals surface area contributed by atoms with Gasteiger partial charge in [-0.25, -0.2) is 9.36 Å². The Bertz CT molecular complexity index is 279. The van der Waals surface area contributed by atoms with Crippen molar-refractivity contribution in [1.82, 2.24) is 5.32 Å². The van der Waals surface area contributed by atoms with Crippen LogP contribution in [0.3, 0.4) is 0 Å². The lowest BCUT2D eigenvalue weighted by atomic mass is 9.91. The first kappa shape index (κ1) is 12.4. The first-order valence-corrected chi connectivity index (χ1v) is 6.23. The van der Waals surface area contributed by atoms with Gasteiger partial charge in [0, 0.05) is 12.1 Å². The average molecular weight is 238 g/mol. The van der Waals surface area contributed by atoms with Gasteiger partial charge in [-0.15, -0.1) is 0 Å². The molecular formula is C7H15N2O5P. The number of carbonyl (C=O) groups is 1. The minimum atomic E-state index is -4.76. The second-order valence-electron chi connectivity index (χ2n) is 3.57. The van der Waals surface area contributed by atoms with E-state index in [-0.39, 0.29) is 12.1 Å². The summed E-state index contributed by atoms with van der Waals surface area (Å²) < 4.78 is 14.2. The highest BCUT2D eigenvalue weighted by atomic mass is 31.2. The maximum Gasteiger partial charge on any atom is 0.528 e. The van der Waals surface area contributed by atoms with Crippen molar-refractivity contribution < 1.29 is 23.7 Å². The van der Waals surface area contributed by atoms with Gasteiger partial charge >= 0.3 is 13.9 Å². The highest BCUT2D eigenvalue weighted by Gasteiger charge is 2.27. The largest absolute Gasteiger partial charge is 0.528 e. The fourth-order valence-corrected chi connectivity index (χ4v) is 1.89. The number of rotatable bonds is 2. The van der Waals surface area contributed by atoms with Gasteiger partial charge in [-0.1, -0.05) is 12.8 Å². The van der Waals surface area contributed by atoms with E-state index in [4.69, 9.17) is 15.5 Å². The van der Waals surface area contributed by atoms with Crippen LogP contribution in [0, 0.1) is 0 Å². The van der Waals surface area contributed by atoms with Gasteiger partial charge in [-0.05, 0) is 12.8 Å². The zero-order valence-corrected chi connectivity index (χ0v) is 9.02. The third-order valence-corrected chi connectivity index (χ3v) is 2.73. The van der Waals surface area contributed by atoms with E-state index in [1.165, 1.54) is 0 Å². The van der Waals surface area contributed by atoms with Crippen molar-refractivity contribution in [3.8, 4) is 0 Å². The maximum atomic E-state index is 11.0. The fourth-order valence-electron chi connectivity index (χ4n) is 1.62. The lowest BCUT2D eigenvalue weighted by molar-refractivity contribution is 0.167. The molecule has 0 aromatic rings. The highest BCUT2D eigenvalue weighted by molar-refractivity contribution is 7.46. The zero-order chi connectivity index (χ0) is 11.5. The lowest BCUT2D eigenvalue weighted by Gasteiger charge is -2.28. The van der Waals surface area contributed by atoms with Crippen molar-refractivity contribution in [2.75, 3.05) is 0 Å². The van der Waals surface area contributed by atoms with Crippen LogP contribution < -0.4 is 11.1 Å². The molecule has 0 bridgehead atoms. The fraction of sp³-hybridized carbons (Fsp3) is 0.857. The maximum absolute atomic E-state index is 11.0. The standard InChI is InChI=1S/C7H15N2O5P/c8-5-3-1-2-4-6(5)9-7(10)14-15(11,12)13/h5-6H,1-4,8H2,(H,9,10)(H2,11,12,13)/t5-,6-/m1/s1. The molecule has 1 fully saturated rings. The molecule has 0 aromatic heterocycles. The van der Waals surface area contributed by atoms with E-state index in [0.29, 0.717) is 6.42 Å². The lowest BCUT2D eigenvalue weighted by Crippen LogP contribution is -2.49. The summed E-state index contributed by atoms with van der Waals surface area (Å²) in [6.45, 7) is 0. The van der Waals surface area contributed by atoms with Crippen molar-refractivity contribution in [1.29, 1.82) is 0 Å². The summed E-state index contributed by atoms with van der Waals surface area (Å²) in [6, 6.07) is -0.444. The van der Waals surface area contributed by atoms with Gasteiger partial charge in [0.1, 0.15) is 0 Å². The third-order valence-electron chi connectivity index (χ3n) is 2.32. The minimum absolute atomic E-state index is 0.178. The molecule has 1 rings (SSSR count). The molecule has 2 atom stereocenters. The monoisotopic (exact) mass is 238 g/mol. The van der Waals surface area contributed by atoms with Crippen LogP contribution >= 0.6 is 7.82 Å². The Hall–Kier alpha value is -0.620. The van der Waals surface area contributed by atoms with Gasteiger partial charge in [0.15, 0.2) is 0 Å². The van der Waals surface area contributed by atoms with Crippen LogP contribution in [0.2, 0.25) is 0 Å². The van der Waals surface area contributed by atoms with Gasteiger partial charge in [0.05, 0.1) is 0 Å². The second kappa shape index (κ2) is 4.94. The SMILES string of the molecule is N[C@@H]1CCCC[C@H]1NC(=O)OP(=O)(O)O. The van der Waals surface area contributed by atoms with E-state index in [2.05, 4.69) is 9.84 Å². The molecule has 0 radical (unpaired) electrons. The van der Waals surface area contributed by atoms with E-state index in [1.807, 2.05) is 0 Å². The molecule has 1 aliphatic rings. The molecule has 1 saturated carbocycles. The molecular weight excluding hydrogens is 223 g/mol. The van der Waals surface area contributed by atoms with Gasteiger partial charge in [0.25, 0.3) is 0 Å². The predicted molar refractivity (Wildman–Crippen MR) is 51.9 cm³/mol. The van der Waals surface area contributed by atoms with E-state index in [1.54, 1.807) is 0 Å². The molecule has 0 aromatic carbocycles. The van der Waals surface area contributed by atoms with E-state index >= 15 is 0 Å². The first-order chi connectivity index (χ1) is 6.88. The molecule has 0 spiro atoms. The van der Waals surface area contributed by atoms with Crippen molar-refractivity contribution in [3.05, 3.63) is 0 Å². The van der Waals surface area contributed by atoms with Gasteiger partial charge < -0.3 is 15.6 Å². The molecule has 0 saturated heterocycles. The van der Waals surface area contributed by atoms with E-state index < -0.39 is 13.9 Å². The molecule has 88 valence electrons. The van der Waals surface area contributed by atoms with Crippen molar-refractivity contribution in [2.24, 2.45) is 5.73 Å². The Labute approximate surface area is 87.2 Å². The Kier molecular flexibility index (Phi) is 4.10. The molecule has 0 heterocycles. The smallest absolute Gasteiger partial charge is 0.354 e. The Morgan fingerprint density at radius 2 is 2.00 bits per heavy atom. The number of nitrogens with one attached hydrogen (secondary N) is 1. The predicted octanol–water partition coefficient (Wildman–Crippen LogP) is 0.0752. The number of amides is 1.